The van der Waals surface area contributed by atoms with Gasteiger partial charge in [0.2, 0.25) is 0 Å². The van der Waals surface area contributed by atoms with Gasteiger partial charge in [0.1, 0.15) is 17.3 Å². The summed E-state index contributed by atoms with van der Waals surface area (Å²) in [5.41, 5.74) is 0.900. The number of carbonyl (C=O) groups excluding carboxylic acids is 1. The van der Waals surface area contributed by atoms with Crippen LogP contribution in [0.2, 0.25) is 0 Å². The van der Waals surface area contributed by atoms with Gasteiger partial charge in [0.15, 0.2) is 9.84 Å². The van der Waals surface area contributed by atoms with Crippen LogP contribution in [0, 0.1) is 11.6 Å². The molecular formula is C25H28F2N4O3S. The lowest BCUT2D eigenvalue weighted by molar-refractivity contribution is 0.0929. The number of benzene rings is 2. The Morgan fingerprint density at radius 2 is 1.91 bits per heavy atom. The molecule has 4 rings (SSSR count). The average Bonchev–Trinajstić information content (AvgIpc) is 3.24. The Morgan fingerprint density at radius 1 is 1.20 bits per heavy atom. The fourth-order valence-electron chi connectivity index (χ4n) is 4.56. The third-order valence-electron chi connectivity index (χ3n) is 6.63. The first-order valence-electron chi connectivity index (χ1n) is 11.4. The number of amides is 1. The van der Waals surface area contributed by atoms with Crippen molar-refractivity contribution in [2.75, 3.05) is 6.54 Å². The number of sulfone groups is 1. The van der Waals surface area contributed by atoms with Crippen LogP contribution >= 0.6 is 0 Å². The third-order valence-corrected chi connectivity index (χ3v) is 9.28. The van der Waals surface area contributed by atoms with Crippen LogP contribution in [0.5, 0.6) is 0 Å². The highest BCUT2D eigenvalue weighted by molar-refractivity contribution is 7.92. The monoisotopic (exact) mass is 502 g/mol. The van der Waals surface area contributed by atoms with Crippen LogP contribution in [0.1, 0.15) is 52.3 Å². The molecule has 0 radical (unpaired) electrons. The first-order valence-corrected chi connectivity index (χ1v) is 13.0. The number of aromatic nitrogens is 2. The van der Waals surface area contributed by atoms with Crippen molar-refractivity contribution >= 4 is 15.7 Å². The zero-order chi connectivity index (χ0) is 25.3. The number of hydrogen-bond acceptors (Lipinski definition) is 5. The highest BCUT2D eigenvalue weighted by Crippen LogP contribution is 2.33. The number of hydrogen-bond donors (Lipinski definition) is 2. The van der Waals surface area contributed by atoms with Crippen molar-refractivity contribution < 1.29 is 22.0 Å². The van der Waals surface area contributed by atoms with Crippen LogP contribution in [0.25, 0.3) is 0 Å². The Kier molecular flexibility index (Phi) is 7.05. The number of nitrogens with one attached hydrogen (secondary N) is 2. The van der Waals surface area contributed by atoms with E-state index in [0.717, 1.165) is 12.1 Å². The minimum absolute atomic E-state index is 0.0210. The second kappa shape index (κ2) is 9.87. The Morgan fingerprint density at radius 3 is 2.57 bits per heavy atom. The Balaban J connectivity index is 1.56. The fraction of sp³-hybridized carbons (Fsp3) is 0.360. The first kappa shape index (κ1) is 25.0. The van der Waals surface area contributed by atoms with Crippen molar-refractivity contribution in [1.29, 1.82) is 0 Å². The van der Waals surface area contributed by atoms with Crippen molar-refractivity contribution in [3.05, 3.63) is 88.7 Å². The van der Waals surface area contributed by atoms with Gasteiger partial charge in [0.25, 0.3) is 5.91 Å². The molecule has 0 aliphatic carbocycles. The van der Waals surface area contributed by atoms with E-state index in [1.54, 1.807) is 45.2 Å². The summed E-state index contributed by atoms with van der Waals surface area (Å²) in [5.74, 6) is -1.90. The van der Waals surface area contributed by atoms with Crippen molar-refractivity contribution in [1.82, 2.24) is 20.4 Å². The summed E-state index contributed by atoms with van der Waals surface area (Å²) in [6.07, 6.45) is 1.30. The van der Waals surface area contributed by atoms with Crippen molar-refractivity contribution in [3.63, 3.8) is 0 Å². The number of rotatable bonds is 6. The zero-order valence-electron chi connectivity index (χ0n) is 19.7. The van der Waals surface area contributed by atoms with Crippen LogP contribution in [-0.2, 0) is 23.3 Å². The molecule has 7 nitrogen and oxygen atoms in total. The molecule has 2 heterocycles. The van der Waals surface area contributed by atoms with Gasteiger partial charge in [0.05, 0.1) is 16.5 Å². The number of nitrogens with zero attached hydrogens (tertiary/aromatic N) is 2. The predicted molar refractivity (Wildman–Crippen MR) is 129 cm³/mol. The molecule has 0 saturated carbocycles. The SMILES string of the molecule is CC(NC(=O)c1ccnn1C)c1cc(F)c(CC2[C@H](C)NC[C@@H](c3ccccc3)S2(=O)=O)cc1F. The van der Waals surface area contributed by atoms with Gasteiger partial charge in [-0.2, -0.15) is 5.10 Å². The van der Waals surface area contributed by atoms with Gasteiger partial charge in [-0.05, 0) is 49.6 Å². The van der Waals surface area contributed by atoms with Crippen LogP contribution in [0.15, 0.2) is 54.7 Å². The maximum absolute atomic E-state index is 15.1. The normalized spacial score (nSPS) is 22.5. The van der Waals surface area contributed by atoms with E-state index < -0.39 is 50.0 Å². The molecule has 3 aromatic rings. The molecule has 1 aliphatic heterocycles. The van der Waals surface area contributed by atoms with Crippen LogP contribution in [0.3, 0.4) is 0 Å². The molecule has 0 bridgehead atoms. The molecular weight excluding hydrogens is 474 g/mol. The zero-order valence-corrected chi connectivity index (χ0v) is 20.5. The summed E-state index contributed by atoms with van der Waals surface area (Å²) >= 11 is 0. The molecule has 10 heteroatoms. The lowest BCUT2D eigenvalue weighted by Crippen LogP contribution is -2.53. The number of aryl methyl sites for hydroxylation is 1. The Bertz CT molecular complexity index is 1330. The Labute approximate surface area is 203 Å². The van der Waals surface area contributed by atoms with Crippen LogP contribution in [0.4, 0.5) is 8.78 Å². The minimum atomic E-state index is -3.68. The van der Waals surface area contributed by atoms with E-state index in [-0.39, 0.29) is 29.8 Å². The molecule has 1 aliphatic rings. The van der Waals surface area contributed by atoms with E-state index in [9.17, 15) is 13.2 Å². The van der Waals surface area contributed by atoms with E-state index in [0.29, 0.717) is 5.56 Å². The smallest absolute Gasteiger partial charge is 0.270 e. The molecule has 0 spiro atoms. The third kappa shape index (κ3) is 4.99. The molecule has 1 fully saturated rings. The van der Waals surface area contributed by atoms with E-state index >= 15 is 8.78 Å². The molecule has 1 aromatic heterocycles. The van der Waals surface area contributed by atoms with Gasteiger partial charge in [-0.25, -0.2) is 17.2 Å². The lowest BCUT2D eigenvalue weighted by atomic mass is 9.99. The van der Waals surface area contributed by atoms with E-state index in [2.05, 4.69) is 15.7 Å². The van der Waals surface area contributed by atoms with Gasteiger partial charge in [0, 0.05) is 31.4 Å². The highest BCUT2D eigenvalue weighted by Gasteiger charge is 2.42. The van der Waals surface area contributed by atoms with Gasteiger partial charge < -0.3 is 10.6 Å². The summed E-state index contributed by atoms with van der Waals surface area (Å²) in [6, 6.07) is 11.2. The number of carbonyl (C=O) groups is 1. The first-order chi connectivity index (χ1) is 16.6. The number of halogens is 2. The summed E-state index contributed by atoms with van der Waals surface area (Å²) < 4.78 is 58.4. The van der Waals surface area contributed by atoms with Crippen LogP contribution in [-0.4, -0.2) is 41.9 Å². The van der Waals surface area contributed by atoms with Gasteiger partial charge in [-0.1, -0.05) is 30.3 Å². The van der Waals surface area contributed by atoms with Gasteiger partial charge in [-0.3, -0.25) is 9.48 Å². The van der Waals surface area contributed by atoms with Crippen molar-refractivity contribution in [3.8, 4) is 0 Å². The standard InChI is InChI=1S/C25H28F2N4O3S/c1-15(30-25(32)22-9-10-29-31(22)3)19-13-20(26)18(11-21(19)27)12-23-16(2)28-14-24(35(23,33)34)17-7-5-4-6-8-17/h4-11,13,15-16,23-24,28H,12,14H2,1-3H3,(H,30,32)/t15?,16-,23?,24-/m0/s1. The van der Waals surface area contributed by atoms with E-state index in [4.69, 9.17) is 0 Å². The molecule has 1 amide bonds. The van der Waals surface area contributed by atoms with Crippen molar-refractivity contribution in [2.45, 2.75) is 42.9 Å². The van der Waals surface area contributed by atoms with E-state index in [1.807, 2.05) is 6.07 Å². The maximum Gasteiger partial charge on any atom is 0.270 e. The fourth-order valence-corrected chi connectivity index (χ4v) is 6.92. The quantitative estimate of drug-likeness (QED) is 0.540. The largest absolute Gasteiger partial charge is 0.344 e. The summed E-state index contributed by atoms with van der Waals surface area (Å²) in [5, 5.41) is 8.08. The molecule has 186 valence electrons. The molecule has 1 saturated heterocycles. The van der Waals surface area contributed by atoms with Crippen molar-refractivity contribution in [2.24, 2.45) is 7.05 Å². The second-order valence-corrected chi connectivity index (χ2v) is 11.3. The van der Waals surface area contributed by atoms with Gasteiger partial charge in [-0.15, -0.1) is 0 Å². The summed E-state index contributed by atoms with van der Waals surface area (Å²) in [4.78, 5) is 12.4. The predicted octanol–water partition coefficient (Wildman–Crippen LogP) is 3.25. The highest BCUT2D eigenvalue weighted by atomic mass is 32.2. The molecule has 35 heavy (non-hydrogen) atoms. The molecule has 2 N–H and O–H groups in total. The van der Waals surface area contributed by atoms with Gasteiger partial charge >= 0.3 is 0 Å². The maximum atomic E-state index is 15.1. The molecule has 4 atom stereocenters. The molecule has 2 unspecified atom stereocenters. The minimum Gasteiger partial charge on any atom is -0.344 e. The summed E-state index contributed by atoms with van der Waals surface area (Å²) in [7, 11) is -2.08. The Hall–Kier alpha value is -3.11. The average molecular weight is 503 g/mol. The van der Waals surface area contributed by atoms with Crippen LogP contribution < -0.4 is 10.6 Å². The summed E-state index contributed by atoms with van der Waals surface area (Å²) in [6.45, 7) is 3.55. The lowest BCUT2D eigenvalue weighted by Gasteiger charge is -2.35. The topological polar surface area (TPSA) is 93.1 Å². The van der Waals surface area contributed by atoms with E-state index in [1.165, 1.54) is 16.9 Å². The molecule has 2 aromatic carbocycles. The second-order valence-electron chi connectivity index (χ2n) is 8.93.